The summed E-state index contributed by atoms with van der Waals surface area (Å²) < 4.78 is 15.7. The Morgan fingerprint density at radius 3 is 2.40 bits per heavy atom. The predicted molar refractivity (Wildman–Crippen MR) is 110 cm³/mol. The minimum Gasteiger partial charge on any atom is -0.493 e. The first-order valence-corrected chi connectivity index (χ1v) is 8.88. The Morgan fingerprint density at radius 2 is 1.73 bits per heavy atom. The number of amides is 1. The molecule has 0 atom stereocenters. The number of esters is 1. The molecule has 1 amide bonds. The maximum absolute atomic E-state index is 12.4. The lowest BCUT2D eigenvalue weighted by molar-refractivity contribution is 0.0734. The highest BCUT2D eigenvalue weighted by Crippen LogP contribution is 2.28. The van der Waals surface area contributed by atoms with Crippen LogP contribution in [0.4, 0.5) is 0 Å². The molecule has 2 aromatic carbocycles. The van der Waals surface area contributed by atoms with E-state index in [1.807, 2.05) is 0 Å². The number of methoxy groups -OCH3 is 2. The van der Waals surface area contributed by atoms with Crippen molar-refractivity contribution in [2.45, 2.75) is 0 Å². The zero-order chi connectivity index (χ0) is 21.3. The average molecular weight is 405 g/mol. The molecule has 0 spiro atoms. The van der Waals surface area contributed by atoms with Gasteiger partial charge in [-0.05, 0) is 60.2 Å². The molecule has 1 N–H and O–H groups in total. The monoisotopic (exact) mass is 405 g/mol. The summed E-state index contributed by atoms with van der Waals surface area (Å²) >= 11 is 0. The topological polar surface area (TPSA) is 99.1 Å². The summed E-state index contributed by atoms with van der Waals surface area (Å²) in [6.07, 6.45) is 4.51. The molecule has 0 saturated carbocycles. The second-order valence-corrected chi connectivity index (χ2v) is 5.97. The number of hydrogen-bond acceptors (Lipinski definition) is 7. The van der Waals surface area contributed by atoms with Gasteiger partial charge in [-0.1, -0.05) is 0 Å². The van der Waals surface area contributed by atoms with Crippen LogP contribution in [-0.4, -0.2) is 37.3 Å². The third-order valence-electron chi connectivity index (χ3n) is 4.01. The van der Waals surface area contributed by atoms with Crippen LogP contribution in [0.3, 0.4) is 0 Å². The molecule has 1 heterocycles. The van der Waals surface area contributed by atoms with Crippen molar-refractivity contribution in [1.82, 2.24) is 10.4 Å². The summed E-state index contributed by atoms with van der Waals surface area (Å²) in [7, 11) is 3.01. The lowest BCUT2D eigenvalue weighted by Gasteiger charge is -2.09. The SMILES string of the molecule is COc1ccc(C(=O)Oc2ccc(C=NNC(=O)c3cccnc3)cc2)cc1OC. The Bertz CT molecular complexity index is 1050. The fourth-order valence-electron chi connectivity index (χ4n) is 2.48. The molecule has 0 bridgehead atoms. The Hall–Kier alpha value is -4.20. The van der Waals surface area contributed by atoms with E-state index in [1.54, 1.807) is 60.8 Å². The van der Waals surface area contributed by atoms with Gasteiger partial charge in [0.25, 0.3) is 5.91 Å². The number of hydrazone groups is 1. The molecule has 0 radical (unpaired) electrons. The highest BCUT2D eigenvalue weighted by atomic mass is 16.5. The molecule has 0 saturated heterocycles. The molecule has 0 fully saturated rings. The molecule has 152 valence electrons. The van der Waals surface area contributed by atoms with Gasteiger partial charge in [0, 0.05) is 12.4 Å². The molecule has 0 unspecified atom stereocenters. The molecule has 3 aromatic rings. The van der Waals surface area contributed by atoms with E-state index in [0.717, 1.165) is 0 Å². The second kappa shape index (κ2) is 9.83. The Labute approximate surface area is 173 Å². The van der Waals surface area contributed by atoms with Gasteiger partial charge in [0.1, 0.15) is 5.75 Å². The first-order valence-electron chi connectivity index (χ1n) is 8.88. The predicted octanol–water partition coefficient (Wildman–Crippen LogP) is 3.08. The first kappa shape index (κ1) is 20.5. The van der Waals surface area contributed by atoms with E-state index in [0.29, 0.717) is 33.9 Å². The molecular formula is C22H19N3O5. The van der Waals surface area contributed by atoms with Gasteiger partial charge in [0.15, 0.2) is 11.5 Å². The quantitative estimate of drug-likeness (QED) is 0.281. The molecule has 0 aliphatic carbocycles. The number of rotatable bonds is 7. The van der Waals surface area contributed by atoms with Crippen LogP contribution < -0.4 is 19.6 Å². The van der Waals surface area contributed by atoms with Crippen LogP contribution in [-0.2, 0) is 0 Å². The van der Waals surface area contributed by atoms with Gasteiger partial charge in [0.2, 0.25) is 0 Å². The van der Waals surface area contributed by atoms with E-state index in [4.69, 9.17) is 14.2 Å². The zero-order valence-electron chi connectivity index (χ0n) is 16.4. The van der Waals surface area contributed by atoms with E-state index in [9.17, 15) is 9.59 Å². The summed E-state index contributed by atoms with van der Waals surface area (Å²) in [5.41, 5.74) is 3.87. The standard InChI is InChI=1S/C22H19N3O5/c1-28-19-10-7-16(12-20(19)29-2)22(27)30-18-8-5-15(6-9-18)13-24-25-21(26)17-4-3-11-23-14-17/h3-14H,1-2H3,(H,25,26). The molecule has 8 heteroatoms. The number of nitrogens with one attached hydrogen (secondary N) is 1. The fourth-order valence-corrected chi connectivity index (χ4v) is 2.48. The summed E-state index contributed by atoms with van der Waals surface area (Å²) in [4.78, 5) is 28.1. The Morgan fingerprint density at radius 1 is 0.967 bits per heavy atom. The number of aromatic nitrogens is 1. The molecule has 0 aliphatic heterocycles. The smallest absolute Gasteiger partial charge is 0.343 e. The van der Waals surface area contributed by atoms with Crippen LogP contribution in [0.5, 0.6) is 17.2 Å². The van der Waals surface area contributed by atoms with Crippen molar-refractivity contribution in [3.05, 3.63) is 83.7 Å². The lowest BCUT2D eigenvalue weighted by atomic mass is 10.2. The molecular weight excluding hydrogens is 386 g/mol. The van der Waals surface area contributed by atoms with E-state index in [1.165, 1.54) is 26.6 Å². The van der Waals surface area contributed by atoms with E-state index < -0.39 is 5.97 Å². The van der Waals surface area contributed by atoms with Crippen molar-refractivity contribution in [3.8, 4) is 17.2 Å². The van der Waals surface area contributed by atoms with Gasteiger partial charge in [-0.2, -0.15) is 5.10 Å². The summed E-state index contributed by atoms with van der Waals surface area (Å²) in [5.74, 6) is 0.437. The second-order valence-electron chi connectivity index (χ2n) is 5.97. The van der Waals surface area contributed by atoms with Gasteiger partial charge < -0.3 is 14.2 Å². The number of benzene rings is 2. The van der Waals surface area contributed by atoms with E-state index >= 15 is 0 Å². The molecule has 30 heavy (non-hydrogen) atoms. The van der Waals surface area contributed by atoms with Crippen LogP contribution in [0.1, 0.15) is 26.3 Å². The van der Waals surface area contributed by atoms with Crippen LogP contribution in [0.15, 0.2) is 72.1 Å². The number of carbonyl (C=O) groups is 2. The third kappa shape index (κ3) is 5.20. The van der Waals surface area contributed by atoms with Crippen molar-refractivity contribution in [2.24, 2.45) is 5.10 Å². The van der Waals surface area contributed by atoms with Crippen LogP contribution in [0, 0.1) is 0 Å². The van der Waals surface area contributed by atoms with Gasteiger partial charge in [-0.15, -0.1) is 0 Å². The average Bonchev–Trinajstić information content (AvgIpc) is 2.80. The third-order valence-corrected chi connectivity index (χ3v) is 4.01. The van der Waals surface area contributed by atoms with Gasteiger partial charge in [-0.3, -0.25) is 9.78 Å². The highest BCUT2D eigenvalue weighted by molar-refractivity contribution is 5.94. The number of pyridine rings is 1. The van der Waals surface area contributed by atoms with Gasteiger partial charge >= 0.3 is 5.97 Å². The minimum atomic E-state index is -0.527. The Balaban J connectivity index is 1.59. The molecule has 0 aliphatic rings. The van der Waals surface area contributed by atoms with Crippen molar-refractivity contribution in [3.63, 3.8) is 0 Å². The number of hydrogen-bond donors (Lipinski definition) is 1. The lowest BCUT2D eigenvalue weighted by Crippen LogP contribution is -2.17. The molecule has 3 rings (SSSR count). The van der Waals surface area contributed by atoms with Crippen LogP contribution >= 0.6 is 0 Å². The van der Waals surface area contributed by atoms with Crippen LogP contribution in [0.2, 0.25) is 0 Å². The van der Waals surface area contributed by atoms with Crippen molar-refractivity contribution >= 4 is 18.1 Å². The fraction of sp³-hybridized carbons (Fsp3) is 0.0909. The highest BCUT2D eigenvalue weighted by Gasteiger charge is 2.13. The number of nitrogens with zero attached hydrogens (tertiary/aromatic N) is 2. The maximum atomic E-state index is 12.4. The molecule has 1 aromatic heterocycles. The van der Waals surface area contributed by atoms with Gasteiger partial charge in [-0.25, -0.2) is 10.2 Å². The maximum Gasteiger partial charge on any atom is 0.343 e. The largest absolute Gasteiger partial charge is 0.493 e. The summed E-state index contributed by atoms with van der Waals surface area (Å²) in [5, 5.41) is 3.91. The minimum absolute atomic E-state index is 0.330. The first-order chi connectivity index (χ1) is 14.6. The normalized spacial score (nSPS) is 10.5. The number of carbonyl (C=O) groups excluding carboxylic acids is 2. The van der Waals surface area contributed by atoms with Crippen molar-refractivity contribution in [1.29, 1.82) is 0 Å². The van der Waals surface area contributed by atoms with E-state index in [2.05, 4.69) is 15.5 Å². The van der Waals surface area contributed by atoms with Crippen molar-refractivity contribution < 1.29 is 23.8 Å². The number of ether oxygens (including phenoxy) is 3. The summed E-state index contributed by atoms with van der Waals surface area (Å²) in [6, 6.07) is 14.7. The van der Waals surface area contributed by atoms with Crippen LogP contribution in [0.25, 0.3) is 0 Å². The van der Waals surface area contributed by atoms with Gasteiger partial charge in [0.05, 0.1) is 31.6 Å². The van der Waals surface area contributed by atoms with E-state index in [-0.39, 0.29) is 5.91 Å². The Kier molecular flexibility index (Phi) is 6.73. The summed E-state index contributed by atoms with van der Waals surface area (Å²) in [6.45, 7) is 0. The molecule has 8 nitrogen and oxygen atoms in total. The van der Waals surface area contributed by atoms with Crippen molar-refractivity contribution in [2.75, 3.05) is 14.2 Å². The zero-order valence-corrected chi connectivity index (χ0v) is 16.4.